The Morgan fingerprint density at radius 2 is 1.00 bits per heavy atom. The van der Waals surface area contributed by atoms with Crippen molar-refractivity contribution in [1.82, 2.24) is 0 Å². The van der Waals surface area contributed by atoms with Crippen molar-refractivity contribution >= 4 is 52.2 Å². The van der Waals surface area contributed by atoms with Gasteiger partial charge in [-0.1, -0.05) is 0 Å². The zero-order chi connectivity index (χ0) is 0. The van der Waals surface area contributed by atoms with Crippen molar-refractivity contribution < 1.29 is 17.1 Å². The summed E-state index contributed by atoms with van der Waals surface area (Å²) in [7, 11) is 0. The average Bonchev–Trinajstić information content (AvgIpc) is 0. The van der Waals surface area contributed by atoms with Crippen LogP contribution in [-0.4, -0.2) is 52.2 Å². The van der Waals surface area contributed by atoms with Crippen LogP contribution in [0.15, 0.2) is 0 Å². The van der Waals surface area contributed by atoms with Gasteiger partial charge in [-0.05, 0) is 11.0 Å². The quantitative estimate of drug-likeness (QED) is 0.383. The second kappa shape index (κ2) is 19.6. The molecule has 0 aliphatic carbocycles. The zero-order valence-electron chi connectivity index (χ0n) is 0.302. The van der Waals surface area contributed by atoms with E-state index in [-0.39, 0.29) is 69.3 Å². The van der Waals surface area contributed by atoms with Crippen LogP contribution in [0.25, 0.3) is 0 Å². The Kier molecular flexibility index (Phi) is 179. The van der Waals surface area contributed by atoms with Gasteiger partial charge in [-0.25, -0.2) is 0 Å². The Morgan fingerprint density at radius 1 is 1.00 bits per heavy atom. The van der Waals surface area contributed by atoms with Crippen molar-refractivity contribution in [2.45, 2.75) is 0 Å². The topological polar surface area (TPSA) is 0 Å². The van der Waals surface area contributed by atoms with E-state index >= 15 is 0 Å². The first-order valence-corrected chi connectivity index (χ1v) is 0. The van der Waals surface area contributed by atoms with Gasteiger partial charge in [0.25, 0.3) is 0 Å². The second-order valence-electron chi connectivity index (χ2n) is 0. The minimum atomic E-state index is 0. The van der Waals surface area contributed by atoms with Crippen molar-refractivity contribution in [3.05, 3.63) is 0 Å². The maximum absolute atomic E-state index is 0. The summed E-state index contributed by atoms with van der Waals surface area (Å²) in [6, 6.07) is 0. The molecule has 0 saturated heterocycles. The van der Waals surface area contributed by atoms with Gasteiger partial charge in [0.05, 0.1) is 0 Å². The predicted octanol–water partition coefficient (Wildman–Crippen LogP) is -4.09. The summed E-state index contributed by atoms with van der Waals surface area (Å²) in [5.74, 6) is 0. The molecular formula is H11AlCuSiSn. The van der Waals surface area contributed by atoms with E-state index in [1.54, 1.807) is 0 Å². The van der Waals surface area contributed by atoms with E-state index in [2.05, 4.69) is 0 Å². The van der Waals surface area contributed by atoms with E-state index in [4.69, 9.17) is 0 Å². The van der Waals surface area contributed by atoms with Gasteiger partial charge in [-0.15, -0.1) is 0 Å². The molecule has 33 valence electrons. The van der Waals surface area contributed by atoms with Crippen LogP contribution < -0.4 is 0 Å². The van der Waals surface area contributed by atoms with E-state index in [9.17, 15) is 0 Å². The van der Waals surface area contributed by atoms with Gasteiger partial charge in [-0.3, -0.25) is 0 Å². The van der Waals surface area contributed by atoms with Crippen molar-refractivity contribution in [1.29, 1.82) is 0 Å². The Hall–Kier alpha value is 2.07. The molecule has 0 aromatic carbocycles. The molecule has 4 heteroatoms. The van der Waals surface area contributed by atoms with Crippen LogP contribution in [-0.2, 0) is 17.1 Å². The molecular weight excluding hydrogens is 237 g/mol. The van der Waals surface area contributed by atoms with Crippen molar-refractivity contribution in [2.75, 3.05) is 0 Å². The van der Waals surface area contributed by atoms with E-state index < -0.39 is 0 Å². The van der Waals surface area contributed by atoms with Gasteiger partial charge in [0.2, 0.25) is 0 Å². The summed E-state index contributed by atoms with van der Waals surface area (Å²) in [5, 5.41) is 0. The molecule has 1 radical (unpaired) electrons. The molecule has 0 bridgehead atoms. The van der Waals surface area contributed by atoms with Gasteiger partial charge in [0.1, 0.15) is 0 Å². The molecule has 0 nitrogen and oxygen atoms in total. The van der Waals surface area contributed by atoms with Gasteiger partial charge >= 0.3 is 23.9 Å². The Bertz CT molecular complexity index is 8.00. The second-order valence-corrected chi connectivity index (χ2v) is 0. The minimum absolute atomic E-state index is 0. The van der Waals surface area contributed by atoms with E-state index in [1.807, 2.05) is 0 Å². The zero-order valence-corrected chi connectivity index (χ0v) is 1.24. The maximum atomic E-state index is 0. The van der Waals surface area contributed by atoms with E-state index in [1.165, 1.54) is 0 Å². The van der Waals surface area contributed by atoms with Crippen LogP contribution in [0.2, 0.25) is 0 Å². The fourth-order valence-corrected chi connectivity index (χ4v) is 0. The SMILES string of the molecule is [AlH3].[Cu].[SiH4].[SnH4]. The van der Waals surface area contributed by atoms with E-state index in [0.717, 1.165) is 0 Å². The summed E-state index contributed by atoms with van der Waals surface area (Å²) in [6.45, 7) is 0. The third-order valence-electron chi connectivity index (χ3n) is 0. The first-order chi connectivity index (χ1) is 0. The molecule has 0 aromatic rings. The molecule has 0 amide bonds. The standard InChI is InChI=1S/Al.Cu.H4Si.Sn.7H/h;;1H4;;;;;;;;. The molecule has 0 spiro atoms. The Morgan fingerprint density at radius 3 is 1.00 bits per heavy atom. The van der Waals surface area contributed by atoms with Crippen molar-refractivity contribution in [2.24, 2.45) is 0 Å². The van der Waals surface area contributed by atoms with Crippen LogP contribution in [0.1, 0.15) is 0 Å². The van der Waals surface area contributed by atoms with Crippen LogP contribution in [0.3, 0.4) is 0 Å². The third kappa shape index (κ3) is 8.95. The molecule has 0 fully saturated rings. The summed E-state index contributed by atoms with van der Waals surface area (Å²) in [5.41, 5.74) is 0. The molecule has 0 aliphatic heterocycles. The summed E-state index contributed by atoms with van der Waals surface area (Å²) >= 11 is 0. The number of rotatable bonds is 0. The molecule has 0 heterocycles. The average molecular weight is 248 g/mol. The summed E-state index contributed by atoms with van der Waals surface area (Å²) < 4.78 is 0. The van der Waals surface area contributed by atoms with Crippen molar-refractivity contribution in [3.63, 3.8) is 0 Å². The first-order valence-electron chi connectivity index (χ1n) is 0. The van der Waals surface area contributed by atoms with Crippen LogP contribution in [0, 0.1) is 0 Å². The van der Waals surface area contributed by atoms with Crippen LogP contribution in [0.5, 0.6) is 0 Å². The molecule has 0 N–H and O–H groups in total. The van der Waals surface area contributed by atoms with Crippen LogP contribution >= 0.6 is 0 Å². The van der Waals surface area contributed by atoms with E-state index in [0.29, 0.717) is 0 Å². The Labute approximate surface area is 68.7 Å². The predicted molar refractivity (Wildman–Crippen MR) is 32.6 cm³/mol. The van der Waals surface area contributed by atoms with Crippen LogP contribution in [0.4, 0.5) is 0 Å². The molecule has 0 atom stereocenters. The third-order valence-corrected chi connectivity index (χ3v) is 0. The Balaban J connectivity index is 0. The summed E-state index contributed by atoms with van der Waals surface area (Å²) in [6.07, 6.45) is 0. The molecule has 0 aromatic heterocycles. The molecule has 4 heavy (non-hydrogen) atoms. The fraction of sp³-hybridized carbons (Fsp3) is 0. The first kappa shape index (κ1) is 36.5. The van der Waals surface area contributed by atoms with Gasteiger partial charge in [-0.2, -0.15) is 0 Å². The number of hydrogen-bond donors (Lipinski definition) is 0. The molecule has 0 saturated carbocycles. The molecule has 0 unspecified atom stereocenters. The normalized spacial score (nSPS) is 0. The summed E-state index contributed by atoms with van der Waals surface area (Å²) in [4.78, 5) is 0. The number of hydrogen-bond acceptors (Lipinski definition) is 0. The fourth-order valence-electron chi connectivity index (χ4n) is 0. The molecule has 0 rings (SSSR count). The molecule has 0 aliphatic rings. The van der Waals surface area contributed by atoms with Crippen molar-refractivity contribution in [3.8, 4) is 0 Å². The monoisotopic (exact) mass is 249 g/mol. The van der Waals surface area contributed by atoms with Gasteiger partial charge in [0.15, 0.2) is 17.4 Å². The van der Waals surface area contributed by atoms with Gasteiger partial charge < -0.3 is 0 Å². The van der Waals surface area contributed by atoms with Gasteiger partial charge in [0, 0.05) is 17.1 Å².